The fourth-order valence-electron chi connectivity index (χ4n) is 1.02. The summed E-state index contributed by atoms with van der Waals surface area (Å²) < 4.78 is 5.00. The maximum atomic E-state index is 11.2. The van der Waals surface area contributed by atoms with Crippen LogP contribution in [0.3, 0.4) is 0 Å². The lowest BCUT2D eigenvalue weighted by Gasteiger charge is -2.04. The molecule has 0 saturated heterocycles. The molecule has 16 heavy (non-hydrogen) atoms. The highest BCUT2D eigenvalue weighted by Gasteiger charge is 2.01. The zero-order chi connectivity index (χ0) is 11.8. The normalized spacial score (nSPS) is 10.9. The molecule has 0 aromatic heterocycles. The number of nitrogens with one attached hydrogen (secondary N) is 1. The molecule has 0 aliphatic rings. The number of nitrogens with zero attached hydrogens (tertiary/aromatic N) is 1. The second kappa shape index (κ2) is 6.44. The molecular weight excluding hydrogens is 206 g/mol. The van der Waals surface area contributed by atoms with E-state index in [1.54, 1.807) is 6.92 Å². The first-order chi connectivity index (χ1) is 7.68. The molecule has 5 heteroatoms. The van der Waals surface area contributed by atoms with Gasteiger partial charge in [-0.05, 0) is 12.5 Å². The number of hydrazone groups is 1. The third-order valence-electron chi connectivity index (χ3n) is 1.72. The molecule has 0 spiro atoms. The van der Waals surface area contributed by atoms with Crippen molar-refractivity contribution in [2.75, 3.05) is 6.54 Å². The first kappa shape index (κ1) is 12.0. The molecule has 86 valence electrons. The molecule has 0 atom stereocenters. The quantitative estimate of drug-likeness (QED) is 0.330. The van der Waals surface area contributed by atoms with E-state index >= 15 is 0 Å². The zero-order valence-electron chi connectivity index (χ0n) is 9.14. The van der Waals surface area contributed by atoms with E-state index in [2.05, 4.69) is 10.5 Å². The van der Waals surface area contributed by atoms with E-state index in [0.717, 1.165) is 5.56 Å². The van der Waals surface area contributed by atoms with Gasteiger partial charge in [-0.2, -0.15) is 5.10 Å². The summed E-state index contributed by atoms with van der Waals surface area (Å²) in [6, 6.07) is 9.48. The van der Waals surface area contributed by atoms with Crippen molar-refractivity contribution >= 4 is 11.8 Å². The molecule has 3 N–H and O–H groups in total. The average molecular weight is 221 g/mol. The molecule has 0 bridgehead atoms. The molecule has 0 aliphatic heterocycles. The van der Waals surface area contributed by atoms with Crippen LogP contribution >= 0.6 is 0 Å². The SMILES string of the molecule is CC(N)=NNCC(=O)OCc1ccccc1. The molecule has 1 aromatic rings. The summed E-state index contributed by atoms with van der Waals surface area (Å²) in [6.07, 6.45) is 0. The Hall–Kier alpha value is -2.04. The fraction of sp³-hybridized carbons (Fsp3) is 0.273. The Morgan fingerprint density at radius 1 is 1.44 bits per heavy atom. The molecule has 1 aromatic carbocycles. The van der Waals surface area contributed by atoms with Gasteiger partial charge in [0.05, 0.1) is 0 Å². The number of nitrogens with two attached hydrogens (primary N) is 1. The number of hydrogen-bond acceptors (Lipinski definition) is 4. The van der Waals surface area contributed by atoms with Crippen molar-refractivity contribution in [3.05, 3.63) is 35.9 Å². The molecule has 0 unspecified atom stereocenters. The molecule has 0 amide bonds. The Kier molecular flexibility index (Phi) is 4.85. The Morgan fingerprint density at radius 2 is 2.12 bits per heavy atom. The highest BCUT2D eigenvalue weighted by atomic mass is 16.5. The molecule has 0 heterocycles. The third-order valence-corrected chi connectivity index (χ3v) is 1.72. The molecular formula is C11H15N3O2. The van der Waals surface area contributed by atoms with Crippen LogP contribution in [0.2, 0.25) is 0 Å². The minimum absolute atomic E-state index is 0.0153. The topological polar surface area (TPSA) is 76.7 Å². The zero-order valence-corrected chi connectivity index (χ0v) is 9.14. The number of amidine groups is 1. The van der Waals surface area contributed by atoms with Crippen molar-refractivity contribution in [1.82, 2.24) is 5.43 Å². The molecule has 5 nitrogen and oxygen atoms in total. The van der Waals surface area contributed by atoms with Crippen LogP contribution in [0, 0.1) is 0 Å². The van der Waals surface area contributed by atoms with Crippen LogP contribution in [0.25, 0.3) is 0 Å². The van der Waals surface area contributed by atoms with Gasteiger partial charge in [0.15, 0.2) is 0 Å². The summed E-state index contributed by atoms with van der Waals surface area (Å²) in [7, 11) is 0. The van der Waals surface area contributed by atoms with Gasteiger partial charge < -0.3 is 10.5 Å². The van der Waals surface area contributed by atoms with Gasteiger partial charge in [0.2, 0.25) is 0 Å². The highest BCUT2D eigenvalue weighted by Crippen LogP contribution is 2.00. The summed E-state index contributed by atoms with van der Waals surface area (Å²) in [5.74, 6) is 0.00436. The Balaban J connectivity index is 2.23. The van der Waals surface area contributed by atoms with E-state index in [-0.39, 0.29) is 19.1 Å². The van der Waals surface area contributed by atoms with E-state index < -0.39 is 0 Å². The lowest BCUT2D eigenvalue weighted by molar-refractivity contribution is -0.143. The van der Waals surface area contributed by atoms with Crippen LogP contribution < -0.4 is 11.2 Å². The second-order valence-corrected chi connectivity index (χ2v) is 3.23. The molecule has 0 radical (unpaired) electrons. The molecule has 0 aliphatic carbocycles. The van der Waals surface area contributed by atoms with Gasteiger partial charge in [0.1, 0.15) is 19.0 Å². The van der Waals surface area contributed by atoms with Crippen molar-refractivity contribution in [3.63, 3.8) is 0 Å². The van der Waals surface area contributed by atoms with Crippen LogP contribution in [-0.2, 0) is 16.1 Å². The van der Waals surface area contributed by atoms with Gasteiger partial charge >= 0.3 is 5.97 Å². The van der Waals surface area contributed by atoms with E-state index in [1.165, 1.54) is 0 Å². The number of carbonyl (C=O) groups excluding carboxylic acids is 1. The number of benzene rings is 1. The van der Waals surface area contributed by atoms with E-state index in [9.17, 15) is 4.79 Å². The third kappa shape index (κ3) is 4.99. The van der Waals surface area contributed by atoms with Crippen molar-refractivity contribution in [2.45, 2.75) is 13.5 Å². The second-order valence-electron chi connectivity index (χ2n) is 3.23. The van der Waals surface area contributed by atoms with Crippen LogP contribution in [0.1, 0.15) is 12.5 Å². The molecule has 0 saturated carbocycles. The summed E-state index contributed by atoms with van der Waals surface area (Å²) in [4.78, 5) is 11.2. The number of carbonyl (C=O) groups is 1. The Bertz CT molecular complexity index is 359. The Labute approximate surface area is 94.3 Å². The van der Waals surface area contributed by atoms with Crippen LogP contribution in [-0.4, -0.2) is 18.3 Å². The maximum absolute atomic E-state index is 11.2. The lowest BCUT2D eigenvalue weighted by atomic mass is 10.2. The average Bonchev–Trinajstić information content (AvgIpc) is 2.27. The largest absolute Gasteiger partial charge is 0.459 e. The van der Waals surface area contributed by atoms with Gasteiger partial charge in [-0.3, -0.25) is 10.2 Å². The first-order valence-corrected chi connectivity index (χ1v) is 4.90. The van der Waals surface area contributed by atoms with Gasteiger partial charge in [-0.15, -0.1) is 0 Å². The summed E-state index contributed by atoms with van der Waals surface area (Å²) >= 11 is 0. The predicted octanol–water partition coefficient (Wildman–Crippen LogP) is 0.611. The summed E-state index contributed by atoms with van der Waals surface area (Å²) in [5, 5.41) is 3.66. The minimum Gasteiger partial charge on any atom is -0.459 e. The van der Waals surface area contributed by atoms with E-state index in [1.807, 2.05) is 30.3 Å². The summed E-state index contributed by atoms with van der Waals surface area (Å²) in [6.45, 7) is 1.91. The smallest absolute Gasteiger partial charge is 0.327 e. The van der Waals surface area contributed by atoms with Crippen LogP contribution in [0.15, 0.2) is 35.4 Å². The maximum Gasteiger partial charge on any atom is 0.327 e. The van der Waals surface area contributed by atoms with Crippen molar-refractivity contribution in [2.24, 2.45) is 10.8 Å². The summed E-state index contributed by atoms with van der Waals surface area (Å²) in [5.41, 5.74) is 8.74. The van der Waals surface area contributed by atoms with Gasteiger partial charge in [-0.25, -0.2) is 0 Å². The monoisotopic (exact) mass is 221 g/mol. The van der Waals surface area contributed by atoms with E-state index in [0.29, 0.717) is 5.84 Å². The number of hydrogen-bond donors (Lipinski definition) is 2. The lowest BCUT2D eigenvalue weighted by Crippen LogP contribution is -2.23. The van der Waals surface area contributed by atoms with Crippen LogP contribution in [0.4, 0.5) is 0 Å². The Morgan fingerprint density at radius 3 is 2.75 bits per heavy atom. The van der Waals surface area contributed by atoms with Crippen LogP contribution in [0.5, 0.6) is 0 Å². The van der Waals surface area contributed by atoms with Crippen molar-refractivity contribution < 1.29 is 9.53 Å². The van der Waals surface area contributed by atoms with Gasteiger partial charge in [-0.1, -0.05) is 30.3 Å². The first-order valence-electron chi connectivity index (χ1n) is 4.90. The standard InChI is InChI=1S/C11H15N3O2/c1-9(12)14-13-7-11(15)16-8-10-5-3-2-4-6-10/h2-6,13H,7-8H2,1H3,(H2,12,14). The minimum atomic E-state index is -0.367. The van der Waals surface area contributed by atoms with Gasteiger partial charge in [0.25, 0.3) is 0 Å². The molecule has 1 rings (SSSR count). The van der Waals surface area contributed by atoms with Crippen molar-refractivity contribution in [3.8, 4) is 0 Å². The fourth-order valence-corrected chi connectivity index (χ4v) is 1.02. The number of esters is 1. The predicted molar refractivity (Wildman–Crippen MR) is 61.5 cm³/mol. The molecule has 0 fully saturated rings. The number of ether oxygens (including phenoxy) is 1. The van der Waals surface area contributed by atoms with E-state index in [4.69, 9.17) is 10.5 Å². The van der Waals surface area contributed by atoms with Gasteiger partial charge in [0, 0.05) is 0 Å². The van der Waals surface area contributed by atoms with Crippen molar-refractivity contribution in [1.29, 1.82) is 0 Å². The number of rotatable bonds is 5. The highest BCUT2D eigenvalue weighted by molar-refractivity contribution is 5.77.